The van der Waals surface area contributed by atoms with Gasteiger partial charge in [0.05, 0.1) is 10.6 Å². The molecular weight excluding hydrogens is 557 g/mol. The molecular formula is C27H23BrFN5O4. The SMILES string of the molecule is C[C@H]1O[C@H](c2cn(-c3ccc(Br)cc3)nc2-c2ccc(F)cc2)N(CCc2ccc(N)c([N+](=O)[O-])c2)C1=O. The van der Waals surface area contributed by atoms with E-state index in [0.717, 1.165) is 10.2 Å². The Balaban J connectivity index is 1.51. The van der Waals surface area contributed by atoms with Crippen LogP contribution in [0.4, 0.5) is 15.8 Å². The van der Waals surface area contributed by atoms with Gasteiger partial charge in [0.25, 0.3) is 11.6 Å². The summed E-state index contributed by atoms with van der Waals surface area (Å²) >= 11 is 3.44. The number of hydrogen-bond acceptors (Lipinski definition) is 6. The first-order chi connectivity index (χ1) is 18.2. The number of rotatable bonds is 7. The lowest BCUT2D eigenvalue weighted by Crippen LogP contribution is -2.32. The van der Waals surface area contributed by atoms with E-state index in [2.05, 4.69) is 15.9 Å². The Morgan fingerprint density at radius 3 is 2.53 bits per heavy atom. The number of hydrogen-bond donors (Lipinski definition) is 1. The quantitative estimate of drug-likeness (QED) is 0.177. The predicted molar refractivity (Wildman–Crippen MR) is 143 cm³/mol. The van der Waals surface area contributed by atoms with Gasteiger partial charge < -0.3 is 15.4 Å². The summed E-state index contributed by atoms with van der Waals surface area (Å²) in [6.07, 6.45) is 0.703. The third kappa shape index (κ3) is 5.02. The number of amides is 1. The minimum atomic E-state index is -0.759. The van der Waals surface area contributed by atoms with E-state index < -0.39 is 17.3 Å². The summed E-state index contributed by atoms with van der Waals surface area (Å²) in [6.45, 7) is 1.93. The number of anilines is 1. The van der Waals surface area contributed by atoms with Gasteiger partial charge in [-0.1, -0.05) is 22.0 Å². The molecule has 1 aliphatic rings. The molecule has 1 aromatic heterocycles. The Kier molecular flexibility index (Phi) is 6.96. The van der Waals surface area contributed by atoms with Crippen LogP contribution in [0.2, 0.25) is 0 Å². The maximum Gasteiger partial charge on any atom is 0.292 e. The van der Waals surface area contributed by atoms with Crippen LogP contribution >= 0.6 is 15.9 Å². The van der Waals surface area contributed by atoms with E-state index >= 15 is 0 Å². The van der Waals surface area contributed by atoms with Crippen molar-refractivity contribution in [1.29, 1.82) is 0 Å². The van der Waals surface area contributed by atoms with Crippen molar-refractivity contribution in [3.63, 3.8) is 0 Å². The molecule has 0 aliphatic carbocycles. The van der Waals surface area contributed by atoms with Crippen LogP contribution in [0.3, 0.4) is 0 Å². The molecule has 4 aromatic rings. The van der Waals surface area contributed by atoms with Gasteiger partial charge in [-0.2, -0.15) is 5.10 Å². The van der Waals surface area contributed by atoms with Crippen molar-refractivity contribution >= 4 is 33.2 Å². The second-order valence-electron chi connectivity index (χ2n) is 8.92. The van der Waals surface area contributed by atoms with Crippen molar-refractivity contribution in [2.24, 2.45) is 0 Å². The lowest BCUT2D eigenvalue weighted by Gasteiger charge is -2.23. The Morgan fingerprint density at radius 1 is 1.13 bits per heavy atom. The van der Waals surface area contributed by atoms with Gasteiger partial charge in [0.2, 0.25) is 0 Å². The van der Waals surface area contributed by atoms with Crippen LogP contribution in [0.1, 0.15) is 24.3 Å². The molecule has 3 aromatic carbocycles. The van der Waals surface area contributed by atoms with Crippen LogP contribution in [-0.2, 0) is 16.0 Å². The maximum absolute atomic E-state index is 13.7. The van der Waals surface area contributed by atoms with Crippen LogP contribution in [0.5, 0.6) is 0 Å². The van der Waals surface area contributed by atoms with Crippen molar-refractivity contribution < 1.29 is 18.8 Å². The summed E-state index contributed by atoms with van der Waals surface area (Å²) in [7, 11) is 0. The molecule has 2 N–H and O–H groups in total. The molecule has 0 unspecified atom stereocenters. The highest BCUT2D eigenvalue weighted by molar-refractivity contribution is 9.10. The molecule has 194 valence electrons. The van der Waals surface area contributed by atoms with E-state index in [-0.39, 0.29) is 29.6 Å². The fraction of sp³-hybridized carbons (Fsp3) is 0.185. The van der Waals surface area contributed by atoms with E-state index in [1.807, 2.05) is 24.3 Å². The number of halogens is 2. The molecule has 0 radical (unpaired) electrons. The van der Waals surface area contributed by atoms with Gasteiger partial charge >= 0.3 is 0 Å². The number of nitrogens with two attached hydrogens (primary N) is 1. The zero-order chi connectivity index (χ0) is 27.0. The number of carbonyl (C=O) groups excluding carboxylic acids is 1. The first-order valence-electron chi connectivity index (χ1n) is 11.8. The van der Waals surface area contributed by atoms with Gasteiger partial charge in [0, 0.05) is 34.4 Å². The molecule has 1 aliphatic heterocycles. The highest BCUT2D eigenvalue weighted by Gasteiger charge is 2.40. The van der Waals surface area contributed by atoms with Crippen LogP contribution in [-0.4, -0.2) is 38.2 Å². The molecule has 0 bridgehead atoms. The van der Waals surface area contributed by atoms with Gasteiger partial charge in [0.1, 0.15) is 23.3 Å². The van der Waals surface area contributed by atoms with Gasteiger partial charge in [-0.25, -0.2) is 9.07 Å². The fourth-order valence-electron chi connectivity index (χ4n) is 4.42. The van der Waals surface area contributed by atoms with Crippen LogP contribution in [0.15, 0.2) is 77.4 Å². The maximum atomic E-state index is 13.7. The smallest absolute Gasteiger partial charge is 0.292 e. The fourth-order valence-corrected chi connectivity index (χ4v) is 4.69. The second kappa shape index (κ2) is 10.3. The number of ether oxygens (including phenoxy) is 1. The lowest BCUT2D eigenvalue weighted by molar-refractivity contribution is -0.384. The number of nitro groups is 1. The monoisotopic (exact) mass is 579 g/mol. The van der Waals surface area contributed by atoms with Crippen molar-refractivity contribution in [3.8, 4) is 16.9 Å². The predicted octanol–water partition coefficient (Wildman–Crippen LogP) is 5.42. The number of nitrogens with zero attached hydrogens (tertiary/aromatic N) is 4. The molecule has 5 rings (SSSR count). The summed E-state index contributed by atoms with van der Waals surface area (Å²) in [4.78, 5) is 25.5. The molecule has 2 atom stereocenters. The average molecular weight is 580 g/mol. The summed E-state index contributed by atoms with van der Waals surface area (Å²) in [5, 5.41) is 16.1. The first-order valence-corrected chi connectivity index (χ1v) is 12.6. The second-order valence-corrected chi connectivity index (χ2v) is 9.84. The van der Waals surface area contributed by atoms with Gasteiger partial charge in [0.15, 0.2) is 6.23 Å². The first kappa shape index (κ1) is 25.6. The van der Waals surface area contributed by atoms with E-state index in [0.29, 0.717) is 28.8 Å². The Bertz CT molecular complexity index is 1510. The normalized spacial score (nSPS) is 17.2. The Morgan fingerprint density at radius 2 is 1.84 bits per heavy atom. The molecule has 0 spiro atoms. The highest BCUT2D eigenvalue weighted by atomic mass is 79.9. The molecule has 38 heavy (non-hydrogen) atoms. The summed E-state index contributed by atoms with van der Waals surface area (Å²) in [5.41, 5.74) is 8.95. The lowest BCUT2D eigenvalue weighted by atomic mass is 10.1. The van der Waals surface area contributed by atoms with Crippen LogP contribution in [0.25, 0.3) is 16.9 Å². The topological polar surface area (TPSA) is 117 Å². The van der Waals surface area contributed by atoms with Gasteiger partial charge in [-0.3, -0.25) is 14.9 Å². The number of nitrogen functional groups attached to an aromatic ring is 1. The molecule has 2 heterocycles. The van der Waals surface area contributed by atoms with E-state index in [9.17, 15) is 19.3 Å². The van der Waals surface area contributed by atoms with E-state index in [1.54, 1.807) is 40.9 Å². The molecule has 1 saturated heterocycles. The van der Waals surface area contributed by atoms with Crippen molar-refractivity contribution in [1.82, 2.24) is 14.7 Å². The van der Waals surface area contributed by atoms with Gasteiger partial charge in [-0.15, -0.1) is 0 Å². The summed E-state index contributed by atoms with van der Waals surface area (Å²) in [5.74, 6) is -0.579. The Hall–Kier alpha value is -4.09. The zero-order valence-electron chi connectivity index (χ0n) is 20.3. The standard InChI is InChI=1S/C27H23BrFN5O4/c1-16-26(35)32(13-12-17-2-11-23(30)24(14-17)34(36)37)27(38-16)22-15-33(21-9-5-19(28)6-10-21)31-25(22)18-3-7-20(29)8-4-18/h2-11,14-16,27H,12-13,30H2,1H3/t16-,27-/m1/s1. The number of carbonyl (C=O) groups is 1. The molecule has 1 amide bonds. The van der Waals surface area contributed by atoms with Crippen molar-refractivity contribution in [2.75, 3.05) is 12.3 Å². The van der Waals surface area contributed by atoms with E-state index in [1.165, 1.54) is 24.3 Å². The number of nitro benzene ring substituents is 1. The molecule has 1 fully saturated rings. The third-order valence-corrected chi connectivity index (χ3v) is 6.93. The third-order valence-electron chi connectivity index (χ3n) is 6.40. The van der Waals surface area contributed by atoms with Gasteiger partial charge in [-0.05, 0) is 73.5 Å². The molecule has 9 nitrogen and oxygen atoms in total. The van der Waals surface area contributed by atoms with Crippen LogP contribution in [0, 0.1) is 15.9 Å². The zero-order valence-corrected chi connectivity index (χ0v) is 21.8. The molecule has 11 heteroatoms. The highest BCUT2D eigenvalue weighted by Crippen LogP contribution is 2.37. The minimum Gasteiger partial charge on any atom is -0.393 e. The van der Waals surface area contributed by atoms with Crippen LogP contribution < -0.4 is 5.73 Å². The Labute approximate surface area is 225 Å². The largest absolute Gasteiger partial charge is 0.393 e. The molecule has 0 saturated carbocycles. The number of benzene rings is 3. The minimum absolute atomic E-state index is 0.0788. The average Bonchev–Trinajstić information content (AvgIpc) is 3.45. The summed E-state index contributed by atoms with van der Waals surface area (Å²) < 4.78 is 22.4. The van der Waals surface area contributed by atoms with Crippen molar-refractivity contribution in [2.45, 2.75) is 25.7 Å². The number of aromatic nitrogens is 2. The van der Waals surface area contributed by atoms with E-state index in [4.69, 9.17) is 15.6 Å². The summed E-state index contributed by atoms with van der Waals surface area (Å²) in [6, 6.07) is 18.2. The van der Waals surface area contributed by atoms with Crippen molar-refractivity contribution in [3.05, 3.63) is 104 Å².